The summed E-state index contributed by atoms with van der Waals surface area (Å²) in [5.74, 6) is -1.88. The maximum absolute atomic E-state index is 11.2. The van der Waals surface area contributed by atoms with Gasteiger partial charge in [-0.2, -0.15) is 0 Å². The molecule has 0 unspecified atom stereocenters. The van der Waals surface area contributed by atoms with Gasteiger partial charge in [-0.05, 0) is 12.8 Å². The zero-order chi connectivity index (χ0) is 15.2. The second-order valence-electron chi connectivity index (χ2n) is 3.61. The lowest BCUT2D eigenvalue weighted by Crippen LogP contribution is -2.17. The zero-order valence-corrected chi connectivity index (χ0v) is 11.3. The van der Waals surface area contributed by atoms with Gasteiger partial charge in [0, 0.05) is 6.42 Å². The molecule has 0 fully saturated rings. The topological polar surface area (TPSA) is 105 Å². The molecule has 8 nitrogen and oxygen atoms in total. The van der Waals surface area contributed by atoms with Crippen LogP contribution in [-0.2, 0) is 38.1 Å². The van der Waals surface area contributed by atoms with Crippen LogP contribution >= 0.6 is 0 Å². The van der Waals surface area contributed by atoms with E-state index in [9.17, 15) is 19.2 Å². The second kappa shape index (κ2) is 11.9. The summed E-state index contributed by atoms with van der Waals surface area (Å²) >= 11 is 0. The molecule has 0 radical (unpaired) electrons. The Morgan fingerprint density at radius 3 is 2.20 bits per heavy atom. The number of carbonyl (C=O) groups is 4. The van der Waals surface area contributed by atoms with Gasteiger partial charge in [-0.25, -0.2) is 9.59 Å². The molecule has 0 saturated carbocycles. The average molecular weight is 290 g/mol. The maximum Gasteiger partial charge on any atom is 0.344 e. The van der Waals surface area contributed by atoms with Crippen LogP contribution in [0.1, 0.15) is 26.2 Å². The van der Waals surface area contributed by atoms with E-state index in [0.29, 0.717) is 6.42 Å². The monoisotopic (exact) mass is 290 g/mol. The normalized spacial score (nSPS) is 9.45. The van der Waals surface area contributed by atoms with Crippen molar-refractivity contribution in [3.05, 3.63) is 0 Å². The molecule has 0 aliphatic rings. The molecule has 0 aliphatic heterocycles. The third kappa shape index (κ3) is 11.0. The van der Waals surface area contributed by atoms with Crippen LogP contribution in [0.2, 0.25) is 0 Å². The first-order valence-corrected chi connectivity index (χ1v) is 6.12. The maximum atomic E-state index is 11.2. The van der Waals surface area contributed by atoms with Crippen LogP contribution < -0.4 is 0 Å². The smallest absolute Gasteiger partial charge is 0.344 e. The molecule has 0 spiro atoms. The Morgan fingerprint density at radius 1 is 0.900 bits per heavy atom. The Balaban J connectivity index is 3.51. The molecule has 20 heavy (non-hydrogen) atoms. The minimum atomic E-state index is -0.700. The van der Waals surface area contributed by atoms with Crippen molar-refractivity contribution in [2.75, 3.05) is 26.4 Å². The molecular weight excluding hydrogens is 272 g/mol. The number of hydrogen-bond acceptors (Lipinski definition) is 8. The van der Waals surface area contributed by atoms with Crippen molar-refractivity contribution in [1.82, 2.24) is 0 Å². The van der Waals surface area contributed by atoms with Gasteiger partial charge in [0.15, 0.2) is 13.2 Å². The van der Waals surface area contributed by atoms with Crippen molar-refractivity contribution < 1.29 is 38.1 Å². The van der Waals surface area contributed by atoms with Crippen LogP contribution in [0.3, 0.4) is 0 Å². The van der Waals surface area contributed by atoms with E-state index in [1.165, 1.54) is 0 Å². The molecule has 0 aliphatic carbocycles. The average Bonchev–Trinajstić information content (AvgIpc) is 2.45. The van der Waals surface area contributed by atoms with Gasteiger partial charge < -0.3 is 18.9 Å². The summed E-state index contributed by atoms with van der Waals surface area (Å²) in [6, 6.07) is 0. The molecule has 0 aromatic rings. The van der Waals surface area contributed by atoms with E-state index in [-0.39, 0.29) is 32.5 Å². The summed E-state index contributed by atoms with van der Waals surface area (Å²) < 4.78 is 18.2. The van der Waals surface area contributed by atoms with Crippen molar-refractivity contribution in [2.24, 2.45) is 0 Å². The third-order valence-electron chi connectivity index (χ3n) is 1.88. The fourth-order valence-corrected chi connectivity index (χ4v) is 1.02. The van der Waals surface area contributed by atoms with Gasteiger partial charge in [-0.1, -0.05) is 6.92 Å². The summed E-state index contributed by atoms with van der Waals surface area (Å²) in [5, 5.41) is 0. The van der Waals surface area contributed by atoms with Gasteiger partial charge in [0.1, 0.15) is 0 Å². The van der Waals surface area contributed by atoms with Crippen molar-refractivity contribution in [3.63, 3.8) is 0 Å². The fraction of sp³-hybridized carbons (Fsp3) is 0.667. The van der Waals surface area contributed by atoms with Crippen molar-refractivity contribution in [1.29, 1.82) is 0 Å². The largest absolute Gasteiger partial charge is 0.463 e. The van der Waals surface area contributed by atoms with E-state index in [4.69, 9.17) is 4.74 Å². The fourth-order valence-electron chi connectivity index (χ4n) is 1.02. The summed E-state index contributed by atoms with van der Waals surface area (Å²) in [6.45, 7) is 1.38. The van der Waals surface area contributed by atoms with Crippen molar-refractivity contribution >= 4 is 24.4 Å². The van der Waals surface area contributed by atoms with Gasteiger partial charge >= 0.3 is 17.9 Å². The molecule has 0 aromatic heterocycles. The van der Waals surface area contributed by atoms with E-state index in [1.807, 2.05) is 6.92 Å². The van der Waals surface area contributed by atoms with Gasteiger partial charge in [-0.3, -0.25) is 9.59 Å². The highest BCUT2D eigenvalue weighted by Gasteiger charge is 2.09. The minimum Gasteiger partial charge on any atom is -0.463 e. The van der Waals surface area contributed by atoms with Crippen LogP contribution in [0.15, 0.2) is 0 Å². The molecule has 114 valence electrons. The molecule has 0 bridgehead atoms. The molecule has 0 N–H and O–H groups in total. The predicted octanol–water partition coefficient (Wildman–Crippen LogP) is -0.0208. The van der Waals surface area contributed by atoms with Crippen LogP contribution in [0.4, 0.5) is 0 Å². The van der Waals surface area contributed by atoms with Gasteiger partial charge in [0.25, 0.3) is 6.47 Å². The summed E-state index contributed by atoms with van der Waals surface area (Å²) in [6.07, 6.45) is 0.942. The zero-order valence-electron chi connectivity index (χ0n) is 11.3. The molecule has 0 atom stereocenters. The summed E-state index contributed by atoms with van der Waals surface area (Å²) in [7, 11) is 0. The number of carbonyl (C=O) groups excluding carboxylic acids is 4. The Labute approximate surface area is 116 Å². The standard InChI is InChI=1S/C12H18O8/c1-2-5-18-12(16)8-20-10(14)4-3-6-19-11(15)7-17-9-13/h9H,2-8H2,1H3. The molecule has 0 heterocycles. The van der Waals surface area contributed by atoms with E-state index >= 15 is 0 Å². The lowest BCUT2D eigenvalue weighted by atomic mass is 10.3. The SMILES string of the molecule is CCCOC(=O)COC(=O)CCCOC(=O)COC=O. The summed E-state index contributed by atoms with van der Waals surface area (Å²) in [4.78, 5) is 42.9. The molecular formula is C12H18O8. The molecule has 0 saturated heterocycles. The number of ether oxygens (including phenoxy) is 4. The van der Waals surface area contributed by atoms with Crippen LogP contribution in [0.5, 0.6) is 0 Å². The summed E-state index contributed by atoms with van der Waals surface area (Å²) in [5.41, 5.74) is 0. The van der Waals surface area contributed by atoms with Crippen LogP contribution in [0, 0.1) is 0 Å². The number of esters is 3. The first kappa shape index (κ1) is 17.9. The van der Waals surface area contributed by atoms with E-state index in [0.717, 1.165) is 0 Å². The number of rotatable bonds is 11. The molecule has 0 aromatic carbocycles. The van der Waals surface area contributed by atoms with Crippen LogP contribution in [-0.4, -0.2) is 50.8 Å². The lowest BCUT2D eigenvalue weighted by molar-refractivity contribution is -0.159. The van der Waals surface area contributed by atoms with Gasteiger partial charge in [0.2, 0.25) is 0 Å². The highest BCUT2D eigenvalue weighted by molar-refractivity contribution is 5.76. The number of hydrogen-bond donors (Lipinski definition) is 0. The van der Waals surface area contributed by atoms with Gasteiger partial charge in [0.05, 0.1) is 13.2 Å². The third-order valence-corrected chi connectivity index (χ3v) is 1.88. The van der Waals surface area contributed by atoms with Crippen molar-refractivity contribution in [2.45, 2.75) is 26.2 Å². The predicted molar refractivity (Wildman–Crippen MR) is 64.4 cm³/mol. The second-order valence-corrected chi connectivity index (χ2v) is 3.61. The van der Waals surface area contributed by atoms with E-state index in [2.05, 4.69) is 14.2 Å². The van der Waals surface area contributed by atoms with E-state index < -0.39 is 31.1 Å². The molecule has 0 rings (SSSR count). The van der Waals surface area contributed by atoms with Crippen molar-refractivity contribution in [3.8, 4) is 0 Å². The Bertz CT molecular complexity index is 325. The minimum absolute atomic E-state index is 0.00285. The van der Waals surface area contributed by atoms with Crippen LogP contribution in [0.25, 0.3) is 0 Å². The molecule has 8 heteroatoms. The lowest BCUT2D eigenvalue weighted by Gasteiger charge is -2.06. The quantitative estimate of drug-likeness (QED) is 0.226. The first-order valence-electron chi connectivity index (χ1n) is 6.12. The van der Waals surface area contributed by atoms with E-state index in [1.54, 1.807) is 0 Å². The van der Waals surface area contributed by atoms with Gasteiger partial charge in [-0.15, -0.1) is 0 Å². The Hall–Kier alpha value is -2.12. The highest BCUT2D eigenvalue weighted by Crippen LogP contribution is 1.95. The Morgan fingerprint density at radius 2 is 1.55 bits per heavy atom. The first-order chi connectivity index (χ1) is 9.60. The highest BCUT2D eigenvalue weighted by atomic mass is 16.6. The Kier molecular flexibility index (Phi) is 10.7. The molecule has 0 amide bonds.